The molecule has 0 aliphatic heterocycles. The summed E-state index contributed by atoms with van der Waals surface area (Å²) < 4.78 is 0. The van der Waals surface area contributed by atoms with Crippen LogP contribution in [0.4, 0.5) is 0 Å². The lowest BCUT2D eigenvalue weighted by Gasteiger charge is -2.23. The lowest BCUT2D eigenvalue weighted by molar-refractivity contribution is -0.138. The zero-order chi connectivity index (χ0) is 22.6. The fraction of sp³-hybridized carbons (Fsp3) is 0.600. The maximum Gasteiger partial charge on any atom is 0.322 e. The maximum absolute atomic E-state index is 12.5. The Bertz CT molecular complexity index is 645. The standard InChI is InChI=1S/C15H26N6O7S/c1-29-3-2-8(14(27)19-6-12(24)25)20-15(28)9(5-11(18)23)21-13(26)7(16)4-10(17)22/h7-9H,2-6,16H2,1H3,(H2,17,22)(H2,18,23)(H,19,27)(H,20,28)(H,21,26)(H,24,25). The van der Waals surface area contributed by atoms with Crippen molar-refractivity contribution < 1.29 is 33.9 Å². The van der Waals surface area contributed by atoms with Crippen LogP contribution in [0.5, 0.6) is 0 Å². The lowest BCUT2D eigenvalue weighted by atomic mass is 10.1. The van der Waals surface area contributed by atoms with Gasteiger partial charge in [0, 0.05) is 0 Å². The number of hydrogen-bond acceptors (Lipinski definition) is 8. The molecule has 3 atom stereocenters. The summed E-state index contributed by atoms with van der Waals surface area (Å²) >= 11 is 1.39. The van der Waals surface area contributed by atoms with Crippen LogP contribution in [0.25, 0.3) is 0 Å². The van der Waals surface area contributed by atoms with E-state index < -0.39 is 73.0 Å². The van der Waals surface area contributed by atoms with Gasteiger partial charge in [-0.3, -0.25) is 28.8 Å². The second-order valence-electron chi connectivity index (χ2n) is 5.96. The highest BCUT2D eigenvalue weighted by Crippen LogP contribution is 2.03. The first kappa shape index (κ1) is 26.1. The molecule has 10 N–H and O–H groups in total. The number of thioether (sulfide) groups is 1. The zero-order valence-electron chi connectivity index (χ0n) is 15.8. The fourth-order valence-electron chi connectivity index (χ4n) is 2.06. The van der Waals surface area contributed by atoms with Gasteiger partial charge in [-0.25, -0.2) is 0 Å². The molecular weight excluding hydrogens is 408 g/mol. The molecule has 0 aliphatic carbocycles. The topological polar surface area (TPSA) is 237 Å². The summed E-state index contributed by atoms with van der Waals surface area (Å²) in [6, 6.07) is -3.91. The van der Waals surface area contributed by atoms with Gasteiger partial charge < -0.3 is 38.3 Å². The molecule has 0 aromatic heterocycles. The largest absolute Gasteiger partial charge is 0.480 e. The average molecular weight is 434 g/mol. The summed E-state index contributed by atoms with van der Waals surface area (Å²) in [5, 5.41) is 15.3. The van der Waals surface area contributed by atoms with Gasteiger partial charge in [-0.05, 0) is 18.4 Å². The van der Waals surface area contributed by atoms with Crippen LogP contribution in [0.15, 0.2) is 0 Å². The van der Waals surface area contributed by atoms with Gasteiger partial charge in [0.25, 0.3) is 0 Å². The molecule has 0 aliphatic rings. The van der Waals surface area contributed by atoms with Gasteiger partial charge in [0.05, 0.1) is 18.9 Å². The van der Waals surface area contributed by atoms with Crippen LogP contribution in [0, 0.1) is 0 Å². The molecule has 0 saturated heterocycles. The van der Waals surface area contributed by atoms with Crippen molar-refractivity contribution in [2.24, 2.45) is 17.2 Å². The van der Waals surface area contributed by atoms with E-state index in [2.05, 4.69) is 16.0 Å². The van der Waals surface area contributed by atoms with Crippen molar-refractivity contribution in [3.63, 3.8) is 0 Å². The minimum atomic E-state index is -1.46. The number of carboxylic acids is 1. The number of carbonyl (C=O) groups excluding carboxylic acids is 5. The number of aliphatic carboxylic acids is 1. The van der Waals surface area contributed by atoms with Crippen LogP contribution in [0.3, 0.4) is 0 Å². The van der Waals surface area contributed by atoms with Crippen LogP contribution < -0.4 is 33.2 Å². The fourth-order valence-corrected chi connectivity index (χ4v) is 2.53. The highest BCUT2D eigenvalue weighted by molar-refractivity contribution is 7.98. The molecule has 5 amide bonds. The van der Waals surface area contributed by atoms with Gasteiger partial charge in [0.15, 0.2) is 0 Å². The van der Waals surface area contributed by atoms with E-state index >= 15 is 0 Å². The molecule has 0 aromatic rings. The lowest BCUT2D eigenvalue weighted by Crippen LogP contribution is -2.57. The molecule has 13 nitrogen and oxygen atoms in total. The number of nitrogens with two attached hydrogens (primary N) is 3. The third-order valence-corrected chi connectivity index (χ3v) is 4.10. The Labute approximate surface area is 170 Å². The summed E-state index contributed by atoms with van der Waals surface area (Å²) in [5.74, 6) is -5.12. The van der Waals surface area contributed by atoms with Crippen LogP contribution in [-0.2, 0) is 28.8 Å². The van der Waals surface area contributed by atoms with Crippen molar-refractivity contribution in [3.05, 3.63) is 0 Å². The molecule has 0 heterocycles. The summed E-state index contributed by atoms with van der Waals surface area (Å²) in [6.07, 6.45) is 0.860. The summed E-state index contributed by atoms with van der Waals surface area (Å²) in [5.41, 5.74) is 15.5. The molecule has 0 saturated carbocycles. The van der Waals surface area contributed by atoms with Crippen LogP contribution >= 0.6 is 11.8 Å². The number of hydrogen-bond donors (Lipinski definition) is 7. The van der Waals surface area contributed by atoms with Crippen LogP contribution in [-0.4, -0.2) is 77.3 Å². The number of amides is 5. The molecule has 29 heavy (non-hydrogen) atoms. The third kappa shape index (κ3) is 11.5. The van der Waals surface area contributed by atoms with E-state index in [1.807, 2.05) is 0 Å². The Kier molecular flexibility index (Phi) is 12.0. The summed E-state index contributed by atoms with van der Waals surface area (Å²) in [6.45, 7) is -0.645. The molecule has 3 unspecified atom stereocenters. The van der Waals surface area contributed by atoms with Crippen LogP contribution in [0.2, 0.25) is 0 Å². The average Bonchev–Trinajstić information content (AvgIpc) is 2.61. The van der Waals surface area contributed by atoms with Crippen molar-refractivity contribution in [1.29, 1.82) is 0 Å². The van der Waals surface area contributed by atoms with Crippen molar-refractivity contribution in [3.8, 4) is 0 Å². The van der Waals surface area contributed by atoms with E-state index in [-0.39, 0.29) is 6.42 Å². The maximum atomic E-state index is 12.5. The van der Waals surface area contributed by atoms with Crippen molar-refractivity contribution >= 4 is 47.3 Å². The Morgan fingerprint density at radius 2 is 1.45 bits per heavy atom. The SMILES string of the molecule is CSCCC(NC(=O)C(CC(N)=O)NC(=O)C(N)CC(N)=O)C(=O)NCC(=O)O. The number of carboxylic acid groups (broad SMARTS) is 1. The molecule has 0 bridgehead atoms. The smallest absolute Gasteiger partial charge is 0.322 e. The minimum Gasteiger partial charge on any atom is -0.480 e. The predicted molar refractivity (Wildman–Crippen MR) is 103 cm³/mol. The predicted octanol–water partition coefficient (Wildman–Crippen LogP) is -4.01. The monoisotopic (exact) mass is 434 g/mol. The van der Waals surface area contributed by atoms with Gasteiger partial charge in [-0.1, -0.05) is 0 Å². The number of primary amides is 2. The Morgan fingerprint density at radius 3 is 1.93 bits per heavy atom. The molecule has 164 valence electrons. The van der Waals surface area contributed by atoms with Gasteiger partial charge in [-0.15, -0.1) is 0 Å². The quantitative estimate of drug-likeness (QED) is 0.141. The number of nitrogens with one attached hydrogen (secondary N) is 3. The molecule has 14 heteroatoms. The number of carbonyl (C=O) groups is 6. The third-order valence-electron chi connectivity index (χ3n) is 3.45. The first-order chi connectivity index (χ1) is 13.5. The van der Waals surface area contributed by atoms with E-state index in [1.54, 1.807) is 6.26 Å². The van der Waals surface area contributed by atoms with Gasteiger partial charge in [0.2, 0.25) is 29.5 Å². The van der Waals surface area contributed by atoms with Crippen LogP contribution in [0.1, 0.15) is 19.3 Å². The second kappa shape index (κ2) is 13.3. The summed E-state index contributed by atoms with van der Waals surface area (Å²) in [7, 11) is 0. The molecular formula is C15H26N6O7S. The normalized spacial score (nSPS) is 13.4. The highest BCUT2D eigenvalue weighted by Gasteiger charge is 2.29. The van der Waals surface area contributed by atoms with Crippen molar-refractivity contribution in [2.75, 3.05) is 18.6 Å². The van der Waals surface area contributed by atoms with E-state index in [1.165, 1.54) is 11.8 Å². The Hall–Kier alpha value is -2.87. The minimum absolute atomic E-state index is 0.163. The summed E-state index contributed by atoms with van der Waals surface area (Å²) in [4.78, 5) is 69.4. The van der Waals surface area contributed by atoms with E-state index in [0.29, 0.717) is 5.75 Å². The zero-order valence-corrected chi connectivity index (χ0v) is 16.6. The molecule has 0 aromatic carbocycles. The van der Waals surface area contributed by atoms with Crippen molar-refractivity contribution in [2.45, 2.75) is 37.4 Å². The molecule has 0 fully saturated rings. The highest BCUT2D eigenvalue weighted by atomic mass is 32.2. The molecule has 0 radical (unpaired) electrons. The molecule has 0 spiro atoms. The van der Waals surface area contributed by atoms with Crippen molar-refractivity contribution in [1.82, 2.24) is 16.0 Å². The van der Waals surface area contributed by atoms with Gasteiger partial charge in [-0.2, -0.15) is 11.8 Å². The van der Waals surface area contributed by atoms with E-state index in [0.717, 1.165) is 0 Å². The Morgan fingerprint density at radius 1 is 0.897 bits per heavy atom. The molecule has 0 rings (SSSR count). The first-order valence-electron chi connectivity index (χ1n) is 8.39. The van der Waals surface area contributed by atoms with Gasteiger partial charge in [0.1, 0.15) is 18.6 Å². The van der Waals surface area contributed by atoms with Gasteiger partial charge >= 0.3 is 5.97 Å². The van der Waals surface area contributed by atoms with E-state index in [9.17, 15) is 28.8 Å². The Balaban J connectivity index is 5.22. The second-order valence-corrected chi connectivity index (χ2v) is 6.95. The first-order valence-corrected chi connectivity index (χ1v) is 9.78. The number of rotatable bonds is 14. The van der Waals surface area contributed by atoms with E-state index in [4.69, 9.17) is 22.3 Å².